The number of nitrogens with zero attached hydrogens (tertiary/aromatic N) is 4. The van der Waals surface area contributed by atoms with Gasteiger partial charge in [0.15, 0.2) is 5.15 Å². The van der Waals surface area contributed by atoms with Crippen LogP contribution in [-0.4, -0.2) is 58.5 Å². The number of fused-ring (bicyclic) bond motifs is 1. The Morgan fingerprint density at radius 1 is 1.13 bits per heavy atom. The maximum absolute atomic E-state index is 13.3. The Morgan fingerprint density at radius 2 is 1.87 bits per heavy atom. The second kappa shape index (κ2) is 9.41. The van der Waals surface area contributed by atoms with Crippen molar-refractivity contribution in [1.29, 1.82) is 0 Å². The second-order valence-electron chi connectivity index (χ2n) is 8.49. The number of carbonyl (C=O) groups excluding carboxylic acids is 1. The quantitative estimate of drug-likeness (QED) is 0.477. The van der Waals surface area contributed by atoms with Gasteiger partial charge in [0, 0.05) is 31.7 Å². The van der Waals surface area contributed by atoms with Gasteiger partial charge in [0.05, 0.1) is 0 Å². The maximum Gasteiger partial charge on any atom is 0.273 e. The average Bonchev–Trinajstić information content (AvgIpc) is 3.07. The summed E-state index contributed by atoms with van der Waals surface area (Å²) in [7, 11) is 4.04. The van der Waals surface area contributed by atoms with Gasteiger partial charge in [-0.1, -0.05) is 60.5 Å². The smallest absolute Gasteiger partial charge is 0.273 e. The van der Waals surface area contributed by atoms with Crippen LogP contribution >= 0.6 is 11.6 Å². The normalized spacial score (nSPS) is 14.2. The summed E-state index contributed by atoms with van der Waals surface area (Å²) in [5.74, 6) is 0.669. The molecule has 31 heavy (non-hydrogen) atoms. The number of imidazole rings is 1. The van der Waals surface area contributed by atoms with Crippen molar-refractivity contribution in [3.05, 3.63) is 53.3 Å². The number of hydrogen-bond acceptors (Lipinski definition) is 3. The molecule has 1 heterocycles. The molecule has 2 aromatic carbocycles. The van der Waals surface area contributed by atoms with E-state index in [0.717, 1.165) is 41.2 Å². The number of rotatable bonds is 8. The molecule has 1 amide bonds. The van der Waals surface area contributed by atoms with Gasteiger partial charge in [-0.05, 0) is 50.6 Å². The molecule has 0 unspecified atom stereocenters. The van der Waals surface area contributed by atoms with E-state index >= 15 is 0 Å². The fourth-order valence-corrected chi connectivity index (χ4v) is 4.67. The van der Waals surface area contributed by atoms with Gasteiger partial charge in [0.1, 0.15) is 11.5 Å². The molecule has 4 rings (SSSR count). The third kappa shape index (κ3) is 4.35. The predicted octanol–water partition coefficient (Wildman–Crippen LogP) is 5.32. The van der Waals surface area contributed by atoms with E-state index in [1.165, 1.54) is 19.3 Å². The molecule has 1 aliphatic carbocycles. The van der Waals surface area contributed by atoms with E-state index in [4.69, 9.17) is 11.6 Å². The van der Waals surface area contributed by atoms with Crippen LogP contribution in [0.5, 0.6) is 0 Å². The van der Waals surface area contributed by atoms with Crippen molar-refractivity contribution < 1.29 is 4.79 Å². The van der Waals surface area contributed by atoms with Crippen molar-refractivity contribution in [2.75, 3.05) is 27.2 Å². The first-order chi connectivity index (χ1) is 15.0. The third-order valence-corrected chi connectivity index (χ3v) is 6.79. The molecule has 0 N–H and O–H groups in total. The van der Waals surface area contributed by atoms with E-state index in [1.807, 2.05) is 42.8 Å². The lowest BCUT2D eigenvalue weighted by molar-refractivity contribution is 0.0772. The van der Waals surface area contributed by atoms with Crippen LogP contribution in [0.1, 0.15) is 43.1 Å². The fraction of sp³-hybridized carbons (Fsp3) is 0.440. The van der Waals surface area contributed by atoms with Crippen LogP contribution in [0.2, 0.25) is 5.15 Å². The zero-order valence-electron chi connectivity index (χ0n) is 18.6. The van der Waals surface area contributed by atoms with Gasteiger partial charge in [0.2, 0.25) is 0 Å². The van der Waals surface area contributed by atoms with Gasteiger partial charge < -0.3 is 14.4 Å². The molecule has 164 valence electrons. The van der Waals surface area contributed by atoms with Crippen LogP contribution in [0.4, 0.5) is 0 Å². The Morgan fingerprint density at radius 3 is 2.58 bits per heavy atom. The van der Waals surface area contributed by atoms with Gasteiger partial charge in [-0.15, -0.1) is 0 Å². The largest absolute Gasteiger partial charge is 0.340 e. The Bertz CT molecular complexity index is 1070. The molecule has 1 fully saturated rings. The van der Waals surface area contributed by atoms with E-state index in [1.54, 1.807) is 4.90 Å². The molecule has 1 saturated carbocycles. The Kier molecular flexibility index (Phi) is 6.63. The van der Waals surface area contributed by atoms with Crippen LogP contribution in [-0.2, 0) is 6.54 Å². The van der Waals surface area contributed by atoms with Crippen LogP contribution in [0.15, 0.2) is 42.5 Å². The number of hydrogen-bond donors (Lipinski definition) is 0. The number of halogens is 1. The van der Waals surface area contributed by atoms with E-state index in [2.05, 4.69) is 35.1 Å². The van der Waals surface area contributed by atoms with Crippen molar-refractivity contribution in [2.24, 2.45) is 0 Å². The number of benzene rings is 2. The summed E-state index contributed by atoms with van der Waals surface area (Å²) in [5.41, 5.74) is 1.47. The average molecular weight is 439 g/mol. The molecule has 0 spiro atoms. The molecule has 0 saturated heterocycles. The minimum absolute atomic E-state index is 0.0721. The summed E-state index contributed by atoms with van der Waals surface area (Å²) < 4.78 is 1.95. The summed E-state index contributed by atoms with van der Waals surface area (Å²) in [6, 6.07) is 15.1. The van der Waals surface area contributed by atoms with E-state index in [-0.39, 0.29) is 11.1 Å². The zero-order valence-corrected chi connectivity index (χ0v) is 19.4. The van der Waals surface area contributed by atoms with Crippen LogP contribution in [0, 0.1) is 0 Å². The highest BCUT2D eigenvalue weighted by atomic mass is 35.5. The van der Waals surface area contributed by atoms with Gasteiger partial charge >= 0.3 is 0 Å². The highest BCUT2D eigenvalue weighted by molar-refractivity contribution is 6.32. The van der Waals surface area contributed by atoms with Crippen molar-refractivity contribution in [2.45, 2.75) is 45.2 Å². The molecule has 0 aliphatic heterocycles. The standard InChI is InChI=1S/C25H31ClN4O/c1-4-30-22(25(31)29(3)17-9-16-28(2)19-12-8-13-19)23(26)27-24(30)21-15-7-11-18-10-5-6-14-20(18)21/h5-7,10-11,14-15,19H,4,8-9,12-13,16-17H2,1-3H3. The van der Waals surface area contributed by atoms with Crippen molar-refractivity contribution >= 4 is 28.3 Å². The molecule has 0 bridgehead atoms. The van der Waals surface area contributed by atoms with Crippen LogP contribution in [0.3, 0.4) is 0 Å². The lowest BCUT2D eigenvalue weighted by Crippen LogP contribution is -2.39. The lowest BCUT2D eigenvalue weighted by atomic mass is 9.92. The molecule has 1 aliphatic rings. The summed E-state index contributed by atoms with van der Waals surface area (Å²) in [6.07, 6.45) is 4.89. The first-order valence-electron chi connectivity index (χ1n) is 11.2. The van der Waals surface area contributed by atoms with Gasteiger partial charge in [-0.3, -0.25) is 4.79 Å². The topological polar surface area (TPSA) is 41.4 Å². The Balaban J connectivity index is 1.56. The van der Waals surface area contributed by atoms with Crippen molar-refractivity contribution in [1.82, 2.24) is 19.4 Å². The fourth-order valence-electron chi connectivity index (χ4n) is 4.41. The summed E-state index contributed by atoms with van der Waals surface area (Å²) in [4.78, 5) is 22.1. The molecule has 1 aromatic heterocycles. The lowest BCUT2D eigenvalue weighted by Gasteiger charge is -2.35. The minimum atomic E-state index is -0.0721. The second-order valence-corrected chi connectivity index (χ2v) is 8.85. The highest BCUT2D eigenvalue weighted by Crippen LogP contribution is 2.32. The number of amides is 1. The third-order valence-electron chi connectivity index (χ3n) is 6.52. The molecular formula is C25H31ClN4O. The number of carbonyl (C=O) groups is 1. The van der Waals surface area contributed by atoms with Crippen LogP contribution < -0.4 is 0 Å². The SMILES string of the molecule is CCn1c(-c2cccc3ccccc23)nc(Cl)c1C(=O)N(C)CCCN(C)C1CCC1. The highest BCUT2D eigenvalue weighted by Gasteiger charge is 2.26. The summed E-state index contributed by atoms with van der Waals surface area (Å²) >= 11 is 6.53. The Hall–Kier alpha value is -2.37. The molecule has 0 radical (unpaired) electrons. The zero-order chi connectivity index (χ0) is 22.0. The first kappa shape index (κ1) is 21.8. The summed E-state index contributed by atoms with van der Waals surface area (Å²) in [6.45, 7) is 4.35. The van der Waals surface area contributed by atoms with E-state index in [0.29, 0.717) is 18.8 Å². The van der Waals surface area contributed by atoms with Crippen LogP contribution in [0.25, 0.3) is 22.2 Å². The molecule has 3 aromatic rings. The first-order valence-corrected chi connectivity index (χ1v) is 11.6. The molecule has 6 heteroatoms. The Labute approximate surface area is 189 Å². The van der Waals surface area contributed by atoms with Crippen molar-refractivity contribution in [3.8, 4) is 11.4 Å². The van der Waals surface area contributed by atoms with Gasteiger partial charge in [-0.2, -0.15) is 0 Å². The predicted molar refractivity (Wildman–Crippen MR) is 128 cm³/mol. The molecule has 5 nitrogen and oxygen atoms in total. The van der Waals surface area contributed by atoms with E-state index in [9.17, 15) is 4.79 Å². The van der Waals surface area contributed by atoms with Gasteiger partial charge in [0.25, 0.3) is 5.91 Å². The monoisotopic (exact) mass is 438 g/mol. The maximum atomic E-state index is 13.3. The number of aromatic nitrogens is 2. The van der Waals surface area contributed by atoms with Crippen molar-refractivity contribution in [3.63, 3.8) is 0 Å². The van der Waals surface area contributed by atoms with E-state index < -0.39 is 0 Å². The van der Waals surface area contributed by atoms with Gasteiger partial charge in [-0.25, -0.2) is 4.98 Å². The minimum Gasteiger partial charge on any atom is -0.340 e. The molecule has 0 atom stereocenters. The molecular weight excluding hydrogens is 408 g/mol. The summed E-state index contributed by atoms with van der Waals surface area (Å²) in [5, 5.41) is 2.52.